The van der Waals surface area contributed by atoms with Crippen LogP contribution in [0.2, 0.25) is 0 Å². The van der Waals surface area contributed by atoms with Crippen LogP contribution >= 0.6 is 0 Å². The third-order valence-corrected chi connectivity index (χ3v) is 2.46. The van der Waals surface area contributed by atoms with Gasteiger partial charge in [-0.3, -0.25) is 15.3 Å². The summed E-state index contributed by atoms with van der Waals surface area (Å²) in [5, 5.41) is 20.0. The molecule has 8 nitrogen and oxygen atoms in total. The first-order chi connectivity index (χ1) is 9.45. The van der Waals surface area contributed by atoms with Gasteiger partial charge in [0.05, 0.1) is 6.61 Å². The van der Waals surface area contributed by atoms with Crippen molar-refractivity contribution >= 4 is 17.6 Å². The molecule has 1 unspecified atom stereocenters. The number of amides is 1. The maximum Gasteiger partial charge on any atom is 0.320 e. The van der Waals surface area contributed by atoms with Crippen LogP contribution in [-0.2, 0) is 9.59 Å². The zero-order chi connectivity index (χ0) is 15.1. The number of nitrogens with two attached hydrogens (primary N) is 1. The molecule has 0 saturated carbocycles. The van der Waals surface area contributed by atoms with E-state index in [0.29, 0.717) is 5.75 Å². The molecule has 0 bridgehead atoms. The molecule has 20 heavy (non-hydrogen) atoms. The first-order valence-electron chi connectivity index (χ1n) is 5.65. The van der Waals surface area contributed by atoms with E-state index in [1.807, 2.05) is 0 Å². The molecule has 0 spiro atoms. The molecule has 8 heteroatoms. The van der Waals surface area contributed by atoms with E-state index in [4.69, 9.17) is 26.5 Å². The van der Waals surface area contributed by atoms with Gasteiger partial charge in [-0.15, -0.1) is 0 Å². The molecule has 0 fully saturated rings. The highest BCUT2D eigenvalue weighted by atomic mass is 16.5. The van der Waals surface area contributed by atoms with Crippen molar-refractivity contribution < 1.29 is 24.6 Å². The Morgan fingerprint density at radius 2 is 1.95 bits per heavy atom. The van der Waals surface area contributed by atoms with E-state index in [9.17, 15) is 9.59 Å². The molecule has 1 rings (SSSR count). The Morgan fingerprint density at radius 3 is 2.40 bits per heavy atom. The zero-order valence-corrected chi connectivity index (χ0v) is 10.4. The summed E-state index contributed by atoms with van der Waals surface area (Å²) in [7, 11) is 0. The summed E-state index contributed by atoms with van der Waals surface area (Å²) in [6.45, 7) is 0.130. The van der Waals surface area contributed by atoms with Gasteiger partial charge < -0.3 is 20.8 Å². The number of ether oxygens (including phenoxy) is 1. The van der Waals surface area contributed by atoms with E-state index in [2.05, 4.69) is 5.16 Å². The van der Waals surface area contributed by atoms with Crippen molar-refractivity contribution in [3.05, 3.63) is 29.8 Å². The van der Waals surface area contributed by atoms with Crippen molar-refractivity contribution in [3.8, 4) is 5.75 Å². The predicted molar refractivity (Wildman–Crippen MR) is 68.6 cm³/mol. The summed E-state index contributed by atoms with van der Waals surface area (Å²) in [5.41, 5.74) is 12.1. The number of nitrogens with one attached hydrogen (secondary N) is 1. The lowest BCUT2D eigenvalue weighted by Gasteiger charge is -2.09. The number of hydrogen-bond acceptors (Lipinski definition) is 6. The zero-order valence-electron chi connectivity index (χ0n) is 10.4. The highest BCUT2D eigenvalue weighted by molar-refractivity contribution is 6.44. The molecule has 0 aliphatic carbocycles. The lowest BCUT2D eigenvalue weighted by molar-refractivity contribution is -0.138. The molecule has 1 aromatic rings. The number of aliphatic carboxylic acids is 1. The molecule has 0 aliphatic heterocycles. The van der Waals surface area contributed by atoms with Crippen LogP contribution in [0.1, 0.15) is 12.0 Å². The van der Waals surface area contributed by atoms with Gasteiger partial charge in [0, 0.05) is 12.0 Å². The van der Waals surface area contributed by atoms with E-state index < -0.39 is 17.9 Å². The second kappa shape index (κ2) is 7.10. The Hall–Kier alpha value is -2.61. The molecule has 0 heterocycles. The van der Waals surface area contributed by atoms with Crippen LogP contribution in [0.5, 0.6) is 5.75 Å². The third-order valence-electron chi connectivity index (χ3n) is 2.46. The molecular weight excluding hydrogens is 266 g/mol. The Morgan fingerprint density at radius 1 is 1.35 bits per heavy atom. The number of rotatable bonds is 7. The smallest absolute Gasteiger partial charge is 0.320 e. The number of carboxylic acids is 1. The fraction of sp³-hybridized carbons (Fsp3) is 0.250. The average Bonchev–Trinajstić information content (AvgIpc) is 2.40. The number of hydrogen-bond donors (Lipinski definition) is 3. The average molecular weight is 280 g/mol. The van der Waals surface area contributed by atoms with Gasteiger partial charge in [-0.25, -0.2) is 0 Å². The van der Waals surface area contributed by atoms with Gasteiger partial charge in [0.15, 0.2) is 5.71 Å². The fourth-order valence-electron chi connectivity index (χ4n) is 1.37. The maximum absolute atomic E-state index is 10.8. The monoisotopic (exact) mass is 280 g/mol. The second-order valence-corrected chi connectivity index (χ2v) is 3.88. The SMILES string of the molecule is [NH]C(=O)C(=NO)c1ccc(OCCC(N)C(=O)O)cc1. The first-order valence-corrected chi connectivity index (χ1v) is 5.65. The van der Waals surface area contributed by atoms with Gasteiger partial charge in [-0.2, -0.15) is 0 Å². The molecule has 5 N–H and O–H groups in total. The van der Waals surface area contributed by atoms with E-state index in [1.165, 1.54) is 24.3 Å². The van der Waals surface area contributed by atoms with Gasteiger partial charge in [0.1, 0.15) is 11.8 Å². The molecule has 0 aromatic heterocycles. The van der Waals surface area contributed by atoms with Gasteiger partial charge >= 0.3 is 5.97 Å². The van der Waals surface area contributed by atoms with Crippen molar-refractivity contribution in [1.82, 2.24) is 5.73 Å². The van der Waals surface area contributed by atoms with Gasteiger partial charge in [-0.05, 0) is 24.3 Å². The third kappa shape index (κ3) is 4.25. The summed E-state index contributed by atoms with van der Waals surface area (Å²) in [4.78, 5) is 21.3. The lowest BCUT2D eigenvalue weighted by atomic mass is 10.1. The Balaban J connectivity index is 2.59. The summed E-state index contributed by atoms with van der Waals surface area (Å²) in [5.74, 6) is -1.75. The van der Waals surface area contributed by atoms with Crippen molar-refractivity contribution in [3.63, 3.8) is 0 Å². The highest BCUT2D eigenvalue weighted by Crippen LogP contribution is 2.13. The van der Waals surface area contributed by atoms with Gasteiger partial charge in [0.25, 0.3) is 5.91 Å². The number of carboxylic acid groups (broad SMARTS) is 1. The summed E-state index contributed by atoms with van der Waals surface area (Å²) in [6, 6.07) is 4.94. The molecule has 0 aliphatic rings. The van der Waals surface area contributed by atoms with Gasteiger partial charge in [0.2, 0.25) is 0 Å². The summed E-state index contributed by atoms with van der Waals surface area (Å²) < 4.78 is 5.28. The first kappa shape index (κ1) is 15.4. The molecule has 0 saturated heterocycles. The molecular formula is C12H14N3O5. The van der Waals surface area contributed by atoms with E-state index in [1.54, 1.807) is 0 Å². The summed E-state index contributed by atoms with van der Waals surface area (Å²) >= 11 is 0. The minimum atomic E-state index is -1.10. The molecule has 1 atom stereocenters. The molecule has 1 radical (unpaired) electrons. The van der Waals surface area contributed by atoms with Crippen LogP contribution in [0.25, 0.3) is 0 Å². The van der Waals surface area contributed by atoms with E-state index in [0.717, 1.165) is 0 Å². The Labute approximate surface area is 114 Å². The van der Waals surface area contributed by atoms with Crippen molar-refractivity contribution in [2.75, 3.05) is 6.61 Å². The van der Waals surface area contributed by atoms with Crippen LogP contribution in [0.3, 0.4) is 0 Å². The van der Waals surface area contributed by atoms with Crippen LogP contribution in [0.4, 0.5) is 0 Å². The van der Waals surface area contributed by atoms with Crippen molar-refractivity contribution in [2.24, 2.45) is 10.9 Å². The number of carbonyl (C=O) groups is 2. The molecule has 107 valence electrons. The standard InChI is InChI=1S/C12H14N3O5/c13-9(12(17)18)5-6-20-8-3-1-7(2-4-8)10(15-19)11(14)16/h1-4,9,14,19H,5-6,13H2,(H,17,18). The van der Waals surface area contributed by atoms with E-state index >= 15 is 0 Å². The lowest BCUT2D eigenvalue weighted by Crippen LogP contribution is -2.31. The Kier molecular flexibility index (Phi) is 5.48. The Bertz CT molecular complexity index is 512. The number of nitrogens with zero attached hydrogens (tertiary/aromatic N) is 1. The van der Waals surface area contributed by atoms with Crippen LogP contribution < -0.4 is 16.2 Å². The predicted octanol–water partition coefficient (Wildman–Crippen LogP) is -0.145. The number of carbonyl (C=O) groups excluding carboxylic acids is 1. The van der Waals surface area contributed by atoms with Crippen LogP contribution in [-0.4, -0.2) is 40.6 Å². The number of oxime groups is 1. The summed E-state index contributed by atoms with van der Waals surface area (Å²) in [6.07, 6.45) is 0.158. The largest absolute Gasteiger partial charge is 0.494 e. The highest BCUT2D eigenvalue weighted by Gasteiger charge is 2.13. The minimum Gasteiger partial charge on any atom is -0.494 e. The van der Waals surface area contributed by atoms with Crippen molar-refractivity contribution in [2.45, 2.75) is 12.5 Å². The normalized spacial score (nSPS) is 12.8. The van der Waals surface area contributed by atoms with Crippen LogP contribution in [0, 0.1) is 0 Å². The topological polar surface area (TPSA) is 146 Å². The molecule has 1 aromatic carbocycles. The van der Waals surface area contributed by atoms with E-state index in [-0.39, 0.29) is 24.3 Å². The number of benzene rings is 1. The fourth-order valence-corrected chi connectivity index (χ4v) is 1.37. The van der Waals surface area contributed by atoms with Crippen LogP contribution in [0.15, 0.2) is 29.4 Å². The van der Waals surface area contributed by atoms with Gasteiger partial charge in [-0.1, -0.05) is 5.16 Å². The van der Waals surface area contributed by atoms with Crippen molar-refractivity contribution in [1.29, 1.82) is 0 Å². The second-order valence-electron chi connectivity index (χ2n) is 3.88. The maximum atomic E-state index is 10.8. The minimum absolute atomic E-state index is 0.130. The molecule has 1 amide bonds. The quantitative estimate of drug-likeness (QED) is 0.360.